The molecule has 20 heavy (non-hydrogen) atoms. The first kappa shape index (κ1) is 15.8. The second-order valence-corrected chi connectivity index (χ2v) is 4.29. The molecule has 110 valence electrons. The number of phenols is 1. The van der Waals surface area contributed by atoms with Gasteiger partial charge in [-0.3, -0.25) is 20.2 Å². The smallest absolute Gasteiger partial charge is 0.358 e. The number of benzene rings is 1. The van der Waals surface area contributed by atoms with Crippen molar-refractivity contribution in [2.24, 2.45) is 0 Å². The second kappa shape index (κ2) is 5.80. The molecule has 1 rings (SSSR count). The molecule has 0 aliphatic carbocycles. The lowest BCUT2D eigenvalue weighted by Gasteiger charge is -2.40. The SMILES string of the molecule is CC[N+]([O-])(CC)Cc1c(O)ccc([N+](=O)[O-])c1[N+](=O)[O-]. The fourth-order valence-corrected chi connectivity index (χ4v) is 1.86. The summed E-state index contributed by atoms with van der Waals surface area (Å²) in [5, 5.41) is 43.8. The standard InChI is InChI=1S/C11H15N3O6/c1-3-14(20,4-2)7-8-10(15)6-5-9(12(16)17)11(8)13(18)19/h5-6,15H,3-4,7H2,1-2H3. The Labute approximate surface area is 114 Å². The fraction of sp³-hybridized carbons (Fsp3) is 0.455. The third kappa shape index (κ3) is 3.00. The highest BCUT2D eigenvalue weighted by atomic mass is 16.6. The Morgan fingerprint density at radius 3 is 2.10 bits per heavy atom. The molecule has 1 aromatic carbocycles. The van der Waals surface area contributed by atoms with Crippen LogP contribution in [0.15, 0.2) is 12.1 Å². The molecule has 0 atom stereocenters. The predicted molar refractivity (Wildman–Crippen MR) is 69.8 cm³/mol. The molecule has 0 amide bonds. The van der Waals surface area contributed by atoms with Gasteiger partial charge in [-0.25, -0.2) is 0 Å². The van der Waals surface area contributed by atoms with Gasteiger partial charge in [-0.2, -0.15) is 0 Å². The molecular formula is C11H15N3O6. The molecule has 0 unspecified atom stereocenters. The topological polar surface area (TPSA) is 130 Å². The third-order valence-corrected chi connectivity index (χ3v) is 3.21. The van der Waals surface area contributed by atoms with E-state index in [2.05, 4.69) is 0 Å². The van der Waals surface area contributed by atoms with Gasteiger partial charge in [0.25, 0.3) is 0 Å². The van der Waals surface area contributed by atoms with Crippen molar-refractivity contribution in [1.29, 1.82) is 0 Å². The second-order valence-electron chi connectivity index (χ2n) is 4.29. The number of hydroxylamine groups is 3. The minimum atomic E-state index is -0.942. The lowest BCUT2D eigenvalue weighted by Crippen LogP contribution is -2.40. The molecule has 0 fully saturated rings. The summed E-state index contributed by atoms with van der Waals surface area (Å²) in [6.45, 7) is 3.09. The summed E-state index contributed by atoms with van der Waals surface area (Å²) in [5.41, 5.74) is -1.86. The van der Waals surface area contributed by atoms with E-state index in [1.807, 2.05) is 0 Å². The van der Waals surface area contributed by atoms with Crippen molar-refractivity contribution >= 4 is 11.4 Å². The van der Waals surface area contributed by atoms with Crippen LogP contribution in [-0.2, 0) is 6.54 Å². The fourth-order valence-electron chi connectivity index (χ4n) is 1.86. The molecule has 0 aliphatic heterocycles. The zero-order valence-electron chi connectivity index (χ0n) is 11.1. The van der Waals surface area contributed by atoms with Crippen LogP contribution in [0.3, 0.4) is 0 Å². The summed E-state index contributed by atoms with van der Waals surface area (Å²) in [5.74, 6) is -0.484. The van der Waals surface area contributed by atoms with Crippen LogP contribution in [0.1, 0.15) is 19.4 Å². The van der Waals surface area contributed by atoms with E-state index < -0.39 is 38.2 Å². The Morgan fingerprint density at radius 1 is 1.15 bits per heavy atom. The number of nitrogens with zero attached hydrogens (tertiary/aromatic N) is 3. The van der Waals surface area contributed by atoms with Crippen LogP contribution in [0.25, 0.3) is 0 Å². The molecule has 0 radical (unpaired) electrons. The average molecular weight is 285 g/mol. The summed E-state index contributed by atoms with van der Waals surface area (Å²) in [4.78, 5) is 20.0. The Balaban J connectivity index is 3.48. The van der Waals surface area contributed by atoms with Crippen LogP contribution in [0, 0.1) is 25.4 Å². The van der Waals surface area contributed by atoms with Crippen LogP contribution >= 0.6 is 0 Å². The van der Waals surface area contributed by atoms with Gasteiger partial charge in [0, 0.05) is 6.07 Å². The van der Waals surface area contributed by atoms with Crippen molar-refractivity contribution in [3.8, 4) is 5.75 Å². The molecule has 9 nitrogen and oxygen atoms in total. The number of hydrogen-bond acceptors (Lipinski definition) is 6. The Bertz CT molecular complexity index is 541. The van der Waals surface area contributed by atoms with E-state index >= 15 is 0 Å². The van der Waals surface area contributed by atoms with Crippen LogP contribution in [0.5, 0.6) is 5.75 Å². The van der Waals surface area contributed by atoms with Crippen LogP contribution < -0.4 is 0 Å². The van der Waals surface area contributed by atoms with Gasteiger partial charge < -0.3 is 15.0 Å². The number of phenolic OH excluding ortho intramolecular Hbond substituents is 1. The highest BCUT2D eigenvalue weighted by Gasteiger charge is 2.33. The molecule has 1 N–H and O–H groups in total. The lowest BCUT2D eigenvalue weighted by atomic mass is 10.1. The highest BCUT2D eigenvalue weighted by Crippen LogP contribution is 2.38. The maximum absolute atomic E-state index is 12.3. The van der Waals surface area contributed by atoms with Gasteiger partial charge in [0.1, 0.15) is 17.9 Å². The van der Waals surface area contributed by atoms with E-state index in [9.17, 15) is 30.5 Å². The summed E-state index contributed by atoms with van der Waals surface area (Å²) in [7, 11) is 0. The van der Waals surface area contributed by atoms with Crippen molar-refractivity contribution in [3.05, 3.63) is 43.1 Å². The molecule has 0 aliphatic rings. The number of nitro benzene ring substituents is 2. The summed E-state index contributed by atoms with van der Waals surface area (Å²) >= 11 is 0. The minimum Gasteiger partial charge on any atom is -0.633 e. The maximum atomic E-state index is 12.3. The summed E-state index contributed by atoms with van der Waals surface area (Å²) in [6.07, 6.45) is 0. The van der Waals surface area contributed by atoms with Gasteiger partial charge in [-0.05, 0) is 19.9 Å². The van der Waals surface area contributed by atoms with E-state index in [1.165, 1.54) is 0 Å². The van der Waals surface area contributed by atoms with E-state index in [0.29, 0.717) is 0 Å². The predicted octanol–water partition coefficient (Wildman–Crippen LogP) is 2.06. The zero-order valence-corrected chi connectivity index (χ0v) is 11.1. The number of quaternary nitrogens is 1. The Morgan fingerprint density at radius 2 is 1.70 bits per heavy atom. The normalized spacial score (nSPS) is 11.3. The molecule has 9 heteroatoms. The van der Waals surface area contributed by atoms with Crippen molar-refractivity contribution in [1.82, 2.24) is 0 Å². The Kier molecular flexibility index (Phi) is 4.58. The van der Waals surface area contributed by atoms with Crippen molar-refractivity contribution in [2.75, 3.05) is 13.1 Å². The van der Waals surface area contributed by atoms with Crippen LogP contribution in [0.2, 0.25) is 0 Å². The molecule has 0 saturated heterocycles. The lowest BCUT2D eigenvalue weighted by molar-refractivity contribution is -0.890. The first-order chi connectivity index (χ1) is 9.25. The monoisotopic (exact) mass is 285 g/mol. The number of aromatic hydroxyl groups is 1. The molecule has 0 spiro atoms. The number of hydrogen-bond donors (Lipinski definition) is 1. The van der Waals surface area contributed by atoms with Crippen LogP contribution in [-0.4, -0.2) is 32.7 Å². The molecule has 0 aromatic heterocycles. The largest absolute Gasteiger partial charge is 0.633 e. The van der Waals surface area contributed by atoms with E-state index in [1.54, 1.807) is 13.8 Å². The van der Waals surface area contributed by atoms with Gasteiger partial charge >= 0.3 is 11.4 Å². The third-order valence-electron chi connectivity index (χ3n) is 3.21. The molecule has 1 aromatic rings. The average Bonchev–Trinajstić information content (AvgIpc) is 2.39. The Hall–Kier alpha value is -2.26. The molecular weight excluding hydrogens is 270 g/mol. The van der Waals surface area contributed by atoms with Gasteiger partial charge in [0.15, 0.2) is 0 Å². The van der Waals surface area contributed by atoms with Crippen molar-refractivity contribution in [2.45, 2.75) is 20.4 Å². The molecule has 0 bridgehead atoms. The van der Waals surface area contributed by atoms with E-state index in [0.717, 1.165) is 12.1 Å². The summed E-state index contributed by atoms with van der Waals surface area (Å²) < 4.78 is -0.810. The van der Waals surface area contributed by atoms with Crippen molar-refractivity contribution < 1.29 is 19.6 Å². The van der Waals surface area contributed by atoms with E-state index in [-0.39, 0.29) is 18.7 Å². The first-order valence-corrected chi connectivity index (χ1v) is 5.96. The maximum Gasteiger partial charge on any atom is 0.358 e. The van der Waals surface area contributed by atoms with E-state index in [4.69, 9.17) is 0 Å². The number of rotatable bonds is 6. The molecule has 0 heterocycles. The highest BCUT2D eigenvalue weighted by molar-refractivity contribution is 5.62. The quantitative estimate of drug-likeness (QED) is 0.483. The van der Waals surface area contributed by atoms with Gasteiger partial charge in [0.2, 0.25) is 0 Å². The van der Waals surface area contributed by atoms with Gasteiger partial charge in [0.05, 0.1) is 22.9 Å². The summed E-state index contributed by atoms with van der Waals surface area (Å²) in [6, 6.07) is 1.85. The molecule has 0 saturated carbocycles. The number of nitro groups is 2. The van der Waals surface area contributed by atoms with Crippen LogP contribution in [0.4, 0.5) is 11.4 Å². The zero-order chi connectivity index (χ0) is 15.5. The van der Waals surface area contributed by atoms with Gasteiger partial charge in [-0.15, -0.1) is 0 Å². The van der Waals surface area contributed by atoms with Gasteiger partial charge in [-0.1, -0.05) is 0 Å². The van der Waals surface area contributed by atoms with Crippen molar-refractivity contribution in [3.63, 3.8) is 0 Å². The first-order valence-electron chi connectivity index (χ1n) is 5.96. The minimum absolute atomic E-state index is 0.135.